The van der Waals surface area contributed by atoms with Crippen LogP contribution >= 0.6 is 28.3 Å². The maximum absolute atomic E-state index is 14.1. The highest BCUT2D eigenvalue weighted by molar-refractivity contribution is 9.10. The second kappa shape index (κ2) is 7.78. The Kier molecular flexibility index (Phi) is 6.93. The molecule has 3 nitrogen and oxygen atoms in total. The van der Waals surface area contributed by atoms with E-state index < -0.39 is 24.4 Å². The summed E-state index contributed by atoms with van der Waals surface area (Å²) in [6.45, 7) is 0.781. The molecular weight excluding hydrogens is 373 g/mol. The Morgan fingerprint density at radius 1 is 1.33 bits per heavy atom. The number of hydrogen-bond acceptors (Lipinski definition) is 3. The van der Waals surface area contributed by atoms with E-state index in [1.54, 1.807) is 4.90 Å². The van der Waals surface area contributed by atoms with E-state index >= 15 is 0 Å². The molecule has 8 heteroatoms. The fourth-order valence-electron chi connectivity index (χ4n) is 2.43. The Hall–Kier alpha value is -0.340. The van der Waals surface area contributed by atoms with E-state index in [1.165, 1.54) is 12.1 Å². The molecule has 1 aromatic carbocycles. The third-order valence-corrected chi connectivity index (χ3v) is 4.03. The molecule has 0 aromatic heterocycles. The van der Waals surface area contributed by atoms with E-state index in [2.05, 4.69) is 21.2 Å². The predicted molar refractivity (Wildman–Crippen MR) is 80.6 cm³/mol. The van der Waals surface area contributed by atoms with Crippen molar-refractivity contribution >= 4 is 28.3 Å². The number of rotatable bonds is 4. The molecule has 0 bridgehead atoms. The lowest BCUT2D eigenvalue weighted by Crippen LogP contribution is -2.51. The summed E-state index contributed by atoms with van der Waals surface area (Å²) in [5.41, 5.74) is 0.173. The van der Waals surface area contributed by atoms with Crippen LogP contribution < -0.4 is 5.32 Å². The largest absolute Gasteiger partial charge is 0.390 e. The normalized spacial score (nSPS) is 18.1. The molecule has 0 saturated carbocycles. The quantitative estimate of drug-likeness (QED) is 0.831. The average molecular weight is 390 g/mol. The summed E-state index contributed by atoms with van der Waals surface area (Å²) in [5.74, 6) is -3.91. The highest BCUT2D eigenvalue weighted by Gasteiger charge is 2.44. The highest BCUT2D eigenvalue weighted by Crippen LogP contribution is 2.37. The van der Waals surface area contributed by atoms with Gasteiger partial charge in [0.1, 0.15) is 18.5 Å². The number of aliphatic hydroxyl groups is 1. The Morgan fingerprint density at radius 3 is 2.48 bits per heavy atom. The Bertz CT molecular complexity index is 473. The SMILES string of the molecule is Cl.OCC(F)(F)[C@H](c1ccc(Br)c(F)c1)N1CCNCC1. The summed E-state index contributed by atoms with van der Waals surface area (Å²) in [6, 6.07) is 2.65. The van der Waals surface area contributed by atoms with Gasteiger partial charge >= 0.3 is 0 Å². The van der Waals surface area contributed by atoms with Crippen LogP contribution in [0.3, 0.4) is 0 Å². The van der Waals surface area contributed by atoms with Gasteiger partial charge in [-0.2, -0.15) is 0 Å². The average Bonchev–Trinajstić information content (AvgIpc) is 2.44. The first kappa shape index (κ1) is 18.7. The van der Waals surface area contributed by atoms with E-state index in [9.17, 15) is 13.2 Å². The third kappa shape index (κ3) is 4.32. The minimum atomic E-state index is -3.32. The summed E-state index contributed by atoms with van der Waals surface area (Å²) in [5, 5.41) is 12.1. The van der Waals surface area contributed by atoms with Crippen LogP contribution in [-0.4, -0.2) is 48.7 Å². The molecule has 1 atom stereocenters. The molecule has 1 aliphatic heterocycles. The lowest BCUT2D eigenvalue weighted by Gasteiger charge is -2.38. The fraction of sp³-hybridized carbons (Fsp3) is 0.538. The van der Waals surface area contributed by atoms with Gasteiger partial charge in [-0.3, -0.25) is 4.90 Å². The lowest BCUT2D eigenvalue weighted by atomic mass is 9.98. The van der Waals surface area contributed by atoms with Crippen LogP contribution in [0, 0.1) is 5.82 Å². The summed E-state index contributed by atoms with van der Waals surface area (Å²) in [4.78, 5) is 1.58. The van der Waals surface area contributed by atoms with E-state index in [4.69, 9.17) is 5.11 Å². The molecule has 120 valence electrons. The molecular formula is C13H17BrClF3N2O. The number of alkyl halides is 2. The zero-order valence-corrected chi connectivity index (χ0v) is 13.6. The molecule has 0 unspecified atom stereocenters. The molecule has 0 radical (unpaired) electrons. The van der Waals surface area contributed by atoms with Crippen molar-refractivity contribution < 1.29 is 18.3 Å². The van der Waals surface area contributed by atoms with E-state index in [-0.39, 0.29) is 22.4 Å². The van der Waals surface area contributed by atoms with Crippen molar-refractivity contribution in [1.82, 2.24) is 10.2 Å². The van der Waals surface area contributed by atoms with Gasteiger partial charge in [0.05, 0.1) is 4.47 Å². The van der Waals surface area contributed by atoms with Gasteiger partial charge in [-0.1, -0.05) is 6.07 Å². The molecule has 1 aliphatic rings. The van der Waals surface area contributed by atoms with Crippen LogP contribution in [0.2, 0.25) is 0 Å². The first-order chi connectivity index (χ1) is 9.45. The van der Waals surface area contributed by atoms with Crippen molar-refractivity contribution in [2.24, 2.45) is 0 Å². The van der Waals surface area contributed by atoms with E-state index in [0.717, 1.165) is 6.07 Å². The first-order valence-electron chi connectivity index (χ1n) is 6.34. The minimum absolute atomic E-state index is 0. The molecule has 0 aliphatic carbocycles. The summed E-state index contributed by atoms with van der Waals surface area (Å²) < 4.78 is 42.0. The minimum Gasteiger partial charge on any atom is -0.390 e. The van der Waals surface area contributed by atoms with Crippen molar-refractivity contribution in [3.8, 4) is 0 Å². The number of benzene rings is 1. The third-order valence-electron chi connectivity index (χ3n) is 3.39. The molecule has 21 heavy (non-hydrogen) atoms. The zero-order valence-electron chi connectivity index (χ0n) is 11.2. The van der Waals surface area contributed by atoms with Crippen molar-refractivity contribution in [3.63, 3.8) is 0 Å². The van der Waals surface area contributed by atoms with Gasteiger partial charge in [0, 0.05) is 26.2 Å². The number of hydrogen-bond donors (Lipinski definition) is 2. The number of aliphatic hydroxyl groups excluding tert-OH is 1. The van der Waals surface area contributed by atoms with Crippen molar-refractivity contribution in [2.75, 3.05) is 32.8 Å². The summed E-state index contributed by atoms with van der Waals surface area (Å²) in [6.07, 6.45) is 0. The Labute approximate surface area is 136 Å². The molecule has 1 saturated heterocycles. The first-order valence-corrected chi connectivity index (χ1v) is 7.13. The van der Waals surface area contributed by atoms with Crippen LogP contribution in [-0.2, 0) is 0 Å². The molecule has 1 aromatic rings. The standard InChI is InChI=1S/C13H16BrF3N2O.ClH/c14-10-2-1-9(7-11(10)15)12(13(16,17)8-20)19-5-3-18-4-6-19;/h1-2,7,12,18,20H,3-6,8H2;1H/t12-;/m0./s1. The second-order valence-corrected chi connectivity index (χ2v) is 5.64. The monoisotopic (exact) mass is 388 g/mol. The molecule has 1 heterocycles. The van der Waals surface area contributed by atoms with Gasteiger partial charge < -0.3 is 10.4 Å². The van der Waals surface area contributed by atoms with Crippen molar-refractivity contribution in [1.29, 1.82) is 0 Å². The van der Waals surface area contributed by atoms with Crippen LogP contribution in [0.5, 0.6) is 0 Å². The molecule has 1 fully saturated rings. The van der Waals surface area contributed by atoms with Crippen LogP contribution in [0.4, 0.5) is 13.2 Å². The number of nitrogens with zero attached hydrogens (tertiary/aromatic N) is 1. The van der Waals surface area contributed by atoms with Gasteiger partial charge in [0.25, 0.3) is 5.92 Å². The van der Waals surface area contributed by atoms with Gasteiger partial charge in [0.2, 0.25) is 0 Å². The maximum atomic E-state index is 14.1. The van der Waals surface area contributed by atoms with Gasteiger partial charge in [-0.15, -0.1) is 12.4 Å². The van der Waals surface area contributed by atoms with E-state index in [1.807, 2.05) is 0 Å². The topological polar surface area (TPSA) is 35.5 Å². The van der Waals surface area contributed by atoms with Gasteiger partial charge in [-0.25, -0.2) is 13.2 Å². The lowest BCUT2D eigenvalue weighted by molar-refractivity contribution is -0.118. The molecule has 2 N–H and O–H groups in total. The number of nitrogens with one attached hydrogen (secondary N) is 1. The van der Waals surface area contributed by atoms with Crippen LogP contribution in [0.1, 0.15) is 11.6 Å². The maximum Gasteiger partial charge on any atom is 0.289 e. The molecule has 2 rings (SSSR count). The van der Waals surface area contributed by atoms with Crippen LogP contribution in [0.25, 0.3) is 0 Å². The molecule has 0 amide bonds. The van der Waals surface area contributed by atoms with E-state index in [0.29, 0.717) is 26.2 Å². The van der Waals surface area contributed by atoms with Gasteiger partial charge in [0.15, 0.2) is 0 Å². The number of halogens is 5. The zero-order chi connectivity index (χ0) is 14.8. The Balaban J connectivity index is 0.00000220. The smallest absolute Gasteiger partial charge is 0.289 e. The highest BCUT2D eigenvalue weighted by atomic mass is 79.9. The summed E-state index contributed by atoms with van der Waals surface area (Å²) >= 11 is 3.01. The van der Waals surface area contributed by atoms with Crippen LogP contribution in [0.15, 0.2) is 22.7 Å². The van der Waals surface area contributed by atoms with Crippen molar-refractivity contribution in [3.05, 3.63) is 34.1 Å². The summed E-state index contributed by atoms with van der Waals surface area (Å²) in [7, 11) is 0. The number of piperazine rings is 1. The fourth-order valence-corrected chi connectivity index (χ4v) is 2.68. The van der Waals surface area contributed by atoms with Crippen molar-refractivity contribution in [2.45, 2.75) is 12.0 Å². The predicted octanol–water partition coefficient (Wildman–Crippen LogP) is 2.58. The Morgan fingerprint density at radius 2 is 1.95 bits per heavy atom. The molecule has 0 spiro atoms. The van der Waals surface area contributed by atoms with Gasteiger partial charge in [-0.05, 0) is 33.6 Å². The second-order valence-electron chi connectivity index (χ2n) is 4.78.